The van der Waals surface area contributed by atoms with Crippen LogP contribution in [0.1, 0.15) is 0 Å². The second kappa shape index (κ2) is 4.21. The van der Waals surface area contributed by atoms with Gasteiger partial charge in [0.05, 0.1) is 10.4 Å². The second-order valence-corrected chi connectivity index (χ2v) is 7.43. The molecule has 6 heteroatoms. The Morgan fingerprint density at radius 1 is 1.10 bits per heavy atom. The van der Waals surface area contributed by atoms with E-state index in [4.69, 9.17) is 13.3 Å². The van der Waals surface area contributed by atoms with Gasteiger partial charge in [0.1, 0.15) is 0 Å². The van der Waals surface area contributed by atoms with Crippen LogP contribution in [0.3, 0.4) is 0 Å². The van der Waals surface area contributed by atoms with Crippen LogP contribution >= 0.6 is 0 Å². The van der Waals surface area contributed by atoms with Gasteiger partial charge in [-0.05, 0) is 7.05 Å². The number of hydrogen-bond acceptors (Lipinski definition) is 4. The molecule has 0 aliphatic rings. The predicted octanol–water partition coefficient (Wildman–Crippen LogP) is -1.43. The molecule has 0 aliphatic carbocycles. The van der Waals surface area contributed by atoms with Crippen molar-refractivity contribution in [1.29, 1.82) is 0 Å². The molecule has 0 amide bonds. The Kier molecular flexibility index (Phi) is 4.33. The predicted molar refractivity (Wildman–Crippen MR) is 44.5 cm³/mol. The molecule has 0 saturated carbocycles. The highest BCUT2D eigenvalue weighted by Crippen LogP contribution is 2.06. The summed E-state index contributed by atoms with van der Waals surface area (Å²) in [6, 6.07) is 0. The van der Waals surface area contributed by atoms with Crippen LogP contribution in [-0.4, -0.2) is 52.0 Å². The van der Waals surface area contributed by atoms with E-state index >= 15 is 0 Å². The lowest BCUT2D eigenvalue weighted by Gasteiger charge is -2.29. The zero-order valence-electron chi connectivity index (χ0n) is 7.17. The van der Waals surface area contributed by atoms with E-state index in [1.807, 2.05) is 11.3 Å². The third-order valence-corrected chi connectivity index (χ3v) is 5.61. The van der Waals surface area contributed by atoms with Gasteiger partial charge in [-0.25, -0.2) is 0 Å². The molecule has 0 N–H and O–H groups in total. The van der Waals surface area contributed by atoms with Gasteiger partial charge in [0.25, 0.3) is 0 Å². The van der Waals surface area contributed by atoms with E-state index in [0.29, 0.717) is 0 Å². The van der Waals surface area contributed by atoms with E-state index in [-0.39, 0.29) is 0 Å². The van der Waals surface area contributed by atoms with Gasteiger partial charge in [-0.15, -0.1) is 0 Å². The first-order valence-electron chi connectivity index (χ1n) is 2.96. The summed E-state index contributed by atoms with van der Waals surface area (Å²) in [6.07, 6.45) is 0. The van der Waals surface area contributed by atoms with Gasteiger partial charge in [0.15, 0.2) is 0 Å². The Balaban J connectivity index is 4.15. The van der Waals surface area contributed by atoms with E-state index in [1.54, 1.807) is 21.3 Å². The van der Waals surface area contributed by atoms with Crippen LogP contribution in [0.15, 0.2) is 0 Å². The van der Waals surface area contributed by atoms with Crippen LogP contribution in [0.4, 0.5) is 0 Å². The molecule has 4 nitrogen and oxygen atoms in total. The van der Waals surface area contributed by atoms with E-state index in [0.717, 1.165) is 10.4 Å². The average Bonchev–Trinajstić information content (AvgIpc) is 1.92. The van der Waals surface area contributed by atoms with Gasteiger partial charge >= 0.3 is 8.97 Å². The second-order valence-electron chi connectivity index (χ2n) is 2.03. The van der Waals surface area contributed by atoms with Crippen molar-refractivity contribution >= 4 is 19.4 Å². The summed E-state index contributed by atoms with van der Waals surface area (Å²) in [5.74, 6) is 0. The first-order chi connectivity index (χ1) is 4.63. The molecule has 0 aromatic carbocycles. The fraction of sp³-hybridized carbons (Fsp3) is 1.00. The molecule has 0 aromatic rings. The molecular formula is C4H15NO3Si2. The summed E-state index contributed by atoms with van der Waals surface area (Å²) in [6.45, 7) is 0. The lowest BCUT2D eigenvalue weighted by Crippen LogP contribution is -2.56. The van der Waals surface area contributed by atoms with Crippen LogP contribution in [-0.2, 0) is 13.3 Å². The minimum atomic E-state index is -2.40. The zero-order chi connectivity index (χ0) is 8.20. The summed E-state index contributed by atoms with van der Waals surface area (Å²) < 4.78 is 17.4. The molecule has 62 valence electrons. The highest BCUT2D eigenvalue weighted by molar-refractivity contribution is 6.62. The van der Waals surface area contributed by atoms with Crippen molar-refractivity contribution in [1.82, 2.24) is 4.23 Å². The molecule has 0 atom stereocenters. The van der Waals surface area contributed by atoms with E-state index < -0.39 is 8.97 Å². The summed E-state index contributed by atoms with van der Waals surface area (Å²) >= 11 is 0. The fourth-order valence-corrected chi connectivity index (χ4v) is 4.04. The van der Waals surface area contributed by atoms with Crippen molar-refractivity contribution in [2.45, 2.75) is 0 Å². The molecule has 0 radical (unpaired) electrons. The molecule has 0 aromatic heterocycles. The topological polar surface area (TPSA) is 30.9 Å². The Morgan fingerprint density at radius 2 is 1.40 bits per heavy atom. The standard InChI is InChI=1S/C4H15NO3Si2/c1-5(9)10(6-2,7-3)8-4/h1-4,9H3. The molecule has 0 aliphatic heterocycles. The van der Waals surface area contributed by atoms with Gasteiger partial charge in [-0.2, -0.15) is 0 Å². The van der Waals surface area contributed by atoms with Gasteiger partial charge in [0, 0.05) is 21.3 Å². The van der Waals surface area contributed by atoms with Crippen LogP contribution in [0, 0.1) is 0 Å². The molecule has 0 heterocycles. The molecule has 0 bridgehead atoms. The van der Waals surface area contributed by atoms with Crippen LogP contribution in [0.25, 0.3) is 0 Å². The van der Waals surface area contributed by atoms with Crippen molar-refractivity contribution in [2.75, 3.05) is 28.4 Å². The molecule has 0 fully saturated rings. The summed E-state index contributed by atoms with van der Waals surface area (Å²) in [5, 5.41) is 0. The Labute approximate surface area is 66.0 Å². The monoisotopic (exact) mass is 181 g/mol. The van der Waals surface area contributed by atoms with E-state index in [2.05, 4.69) is 0 Å². The highest BCUT2D eigenvalue weighted by Gasteiger charge is 2.41. The Hall–Kier alpha value is 0.274. The molecule has 0 rings (SSSR count). The smallest absolute Gasteiger partial charge is 0.365 e. The highest BCUT2D eigenvalue weighted by atomic mass is 28.4. The van der Waals surface area contributed by atoms with Crippen molar-refractivity contribution < 1.29 is 13.3 Å². The summed E-state index contributed by atoms with van der Waals surface area (Å²) in [7, 11) is 5.22. The maximum atomic E-state index is 5.15. The average molecular weight is 181 g/mol. The summed E-state index contributed by atoms with van der Waals surface area (Å²) in [4.78, 5) is 0. The summed E-state index contributed by atoms with van der Waals surface area (Å²) in [5.41, 5.74) is 0. The molecule has 10 heavy (non-hydrogen) atoms. The minimum absolute atomic E-state index is 0.875. The lowest BCUT2D eigenvalue weighted by atomic mass is 11.6. The number of rotatable bonds is 4. The number of hydrogen-bond donors (Lipinski definition) is 0. The van der Waals surface area contributed by atoms with Gasteiger partial charge in [-0.3, -0.25) is 4.23 Å². The first-order valence-corrected chi connectivity index (χ1v) is 5.52. The van der Waals surface area contributed by atoms with Crippen LogP contribution in [0.5, 0.6) is 0 Å². The van der Waals surface area contributed by atoms with Crippen LogP contribution < -0.4 is 0 Å². The molecule has 0 saturated heterocycles. The van der Waals surface area contributed by atoms with Gasteiger partial charge < -0.3 is 13.3 Å². The van der Waals surface area contributed by atoms with Crippen LogP contribution in [0.2, 0.25) is 0 Å². The number of nitrogens with zero attached hydrogens (tertiary/aromatic N) is 1. The Morgan fingerprint density at radius 3 is 1.40 bits per heavy atom. The molecular weight excluding hydrogens is 166 g/mol. The van der Waals surface area contributed by atoms with Crippen molar-refractivity contribution in [3.63, 3.8) is 0 Å². The molecule has 0 unspecified atom stereocenters. The van der Waals surface area contributed by atoms with E-state index in [1.165, 1.54) is 0 Å². The largest absolute Gasteiger partial charge is 0.590 e. The van der Waals surface area contributed by atoms with Crippen molar-refractivity contribution in [3.05, 3.63) is 0 Å². The van der Waals surface area contributed by atoms with Gasteiger partial charge in [0.2, 0.25) is 0 Å². The Bertz CT molecular complexity index is 88.2. The quantitative estimate of drug-likeness (QED) is 0.498. The van der Waals surface area contributed by atoms with E-state index in [9.17, 15) is 0 Å². The normalized spacial score (nSPS) is 12.9. The maximum absolute atomic E-state index is 5.15. The fourth-order valence-electron chi connectivity index (χ4n) is 0.798. The lowest BCUT2D eigenvalue weighted by molar-refractivity contribution is 0.0899. The zero-order valence-corrected chi connectivity index (χ0v) is 10.2. The molecule has 0 spiro atoms. The van der Waals surface area contributed by atoms with Gasteiger partial charge in [-0.1, -0.05) is 0 Å². The minimum Gasteiger partial charge on any atom is -0.365 e. The SMILES string of the molecule is CO[Si](OC)(OC)N(C)[SiH3]. The van der Waals surface area contributed by atoms with Crippen molar-refractivity contribution in [2.24, 2.45) is 0 Å². The maximum Gasteiger partial charge on any atom is 0.590 e. The van der Waals surface area contributed by atoms with Crippen molar-refractivity contribution in [3.8, 4) is 0 Å². The first kappa shape index (κ1) is 10.3. The third-order valence-electron chi connectivity index (χ3n) is 1.32. The third kappa shape index (κ3) is 1.88.